The van der Waals surface area contributed by atoms with Gasteiger partial charge in [0.25, 0.3) is 0 Å². The number of amides is 1. The minimum Gasteiger partial charge on any atom is -0.496 e. The van der Waals surface area contributed by atoms with Crippen molar-refractivity contribution < 1.29 is 14.3 Å². The Hall–Kier alpha value is -1.75. The third-order valence-corrected chi connectivity index (χ3v) is 2.97. The normalized spacial score (nSPS) is 12.6. The van der Waals surface area contributed by atoms with Crippen LogP contribution >= 0.6 is 0 Å². The maximum Gasteiger partial charge on any atom is 0.407 e. The van der Waals surface area contributed by atoms with Crippen LogP contribution in [0.4, 0.5) is 4.79 Å². The molecule has 1 atom stereocenters. The summed E-state index contributed by atoms with van der Waals surface area (Å²) < 4.78 is 10.5. The molecule has 1 aromatic carbocycles. The number of alkyl carbamates (subject to hydrolysis) is 1. The quantitative estimate of drug-likeness (QED) is 0.844. The highest BCUT2D eigenvalue weighted by Crippen LogP contribution is 2.20. The predicted molar refractivity (Wildman–Crippen MR) is 83.5 cm³/mol. The van der Waals surface area contributed by atoms with Gasteiger partial charge in [-0.25, -0.2) is 4.79 Å². The van der Waals surface area contributed by atoms with Gasteiger partial charge in [0, 0.05) is 6.54 Å². The van der Waals surface area contributed by atoms with Gasteiger partial charge in [0.05, 0.1) is 7.11 Å². The molecule has 0 spiro atoms. The van der Waals surface area contributed by atoms with E-state index >= 15 is 0 Å². The van der Waals surface area contributed by atoms with E-state index in [1.165, 1.54) is 0 Å². The van der Waals surface area contributed by atoms with Gasteiger partial charge in [0.1, 0.15) is 11.4 Å². The standard InChI is InChI=1S/C16H26N2O3/c1-16(2,3)21-15(19)18-11-12(10-17)9-13-7-5-6-8-14(13)20-4/h5-8,12H,9-11,17H2,1-4H3,(H,18,19). The average Bonchev–Trinajstić information content (AvgIpc) is 2.42. The van der Waals surface area contributed by atoms with E-state index in [2.05, 4.69) is 5.32 Å². The van der Waals surface area contributed by atoms with E-state index in [9.17, 15) is 4.79 Å². The summed E-state index contributed by atoms with van der Waals surface area (Å²) in [4.78, 5) is 11.7. The van der Waals surface area contributed by atoms with E-state index < -0.39 is 11.7 Å². The SMILES string of the molecule is COc1ccccc1CC(CN)CNC(=O)OC(C)(C)C. The van der Waals surface area contributed by atoms with E-state index in [1.807, 2.05) is 45.0 Å². The van der Waals surface area contributed by atoms with Gasteiger partial charge in [0.15, 0.2) is 0 Å². The second-order valence-corrected chi connectivity index (χ2v) is 6.00. The third kappa shape index (κ3) is 6.49. The van der Waals surface area contributed by atoms with Gasteiger partial charge in [-0.1, -0.05) is 18.2 Å². The molecule has 0 heterocycles. The molecule has 0 fully saturated rings. The van der Waals surface area contributed by atoms with Crippen LogP contribution in [0, 0.1) is 5.92 Å². The van der Waals surface area contributed by atoms with E-state index in [0.29, 0.717) is 13.1 Å². The summed E-state index contributed by atoms with van der Waals surface area (Å²) in [5.41, 5.74) is 6.38. The Kier molecular flexibility index (Phi) is 6.49. The van der Waals surface area contributed by atoms with Gasteiger partial charge in [-0.15, -0.1) is 0 Å². The fourth-order valence-electron chi connectivity index (χ4n) is 1.96. The lowest BCUT2D eigenvalue weighted by Crippen LogP contribution is -2.37. The first-order valence-corrected chi connectivity index (χ1v) is 7.14. The van der Waals surface area contributed by atoms with Gasteiger partial charge in [-0.05, 0) is 51.3 Å². The Bertz CT molecular complexity index is 455. The first kappa shape index (κ1) is 17.3. The van der Waals surface area contributed by atoms with Crippen LogP contribution in [0.15, 0.2) is 24.3 Å². The molecule has 21 heavy (non-hydrogen) atoms. The third-order valence-electron chi connectivity index (χ3n) is 2.97. The van der Waals surface area contributed by atoms with Crippen molar-refractivity contribution in [3.05, 3.63) is 29.8 Å². The Labute approximate surface area is 126 Å². The Balaban J connectivity index is 2.54. The topological polar surface area (TPSA) is 73.6 Å². The Morgan fingerprint density at radius 3 is 2.57 bits per heavy atom. The number of nitrogens with two attached hydrogens (primary N) is 1. The lowest BCUT2D eigenvalue weighted by atomic mass is 9.98. The summed E-state index contributed by atoms with van der Waals surface area (Å²) in [5.74, 6) is 0.974. The van der Waals surface area contributed by atoms with Gasteiger partial charge in [-0.2, -0.15) is 0 Å². The number of carbonyl (C=O) groups is 1. The van der Waals surface area contributed by atoms with Gasteiger partial charge < -0.3 is 20.5 Å². The van der Waals surface area contributed by atoms with Gasteiger partial charge in [0.2, 0.25) is 0 Å². The smallest absolute Gasteiger partial charge is 0.407 e. The van der Waals surface area contributed by atoms with E-state index in [-0.39, 0.29) is 5.92 Å². The number of benzene rings is 1. The number of para-hydroxylation sites is 1. The van der Waals surface area contributed by atoms with Crippen molar-refractivity contribution >= 4 is 6.09 Å². The van der Waals surface area contributed by atoms with Crippen LogP contribution in [0.5, 0.6) is 5.75 Å². The maximum atomic E-state index is 11.7. The number of carbonyl (C=O) groups excluding carboxylic acids is 1. The zero-order chi connectivity index (χ0) is 15.9. The highest BCUT2D eigenvalue weighted by Gasteiger charge is 2.17. The summed E-state index contributed by atoms with van der Waals surface area (Å²) >= 11 is 0. The molecule has 1 amide bonds. The van der Waals surface area contributed by atoms with Crippen LogP contribution in [0.1, 0.15) is 26.3 Å². The molecular formula is C16H26N2O3. The molecule has 5 heteroatoms. The van der Waals surface area contributed by atoms with Crippen molar-refractivity contribution in [2.24, 2.45) is 11.7 Å². The zero-order valence-corrected chi connectivity index (χ0v) is 13.3. The highest BCUT2D eigenvalue weighted by molar-refractivity contribution is 5.67. The molecule has 0 aromatic heterocycles. The molecule has 3 N–H and O–H groups in total. The molecule has 5 nitrogen and oxygen atoms in total. The lowest BCUT2D eigenvalue weighted by molar-refractivity contribution is 0.0520. The summed E-state index contributed by atoms with van der Waals surface area (Å²) in [6.07, 6.45) is 0.331. The molecule has 0 bridgehead atoms. The summed E-state index contributed by atoms with van der Waals surface area (Å²) in [7, 11) is 1.65. The van der Waals surface area contributed by atoms with Crippen molar-refractivity contribution in [1.82, 2.24) is 5.32 Å². The van der Waals surface area contributed by atoms with Crippen molar-refractivity contribution in [2.75, 3.05) is 20.2 Å². The number of hydrogen-bond donors (Lipinski definition) is 2. The average molecular weight is 294 g/mol. The molecule has 0 aliphatic heterocycles. The van der Waals surface area contributed by atoms with E-state index in [4.69, 9.17) is 15.2 Å². The second kappa shape index (κ2) is 7.88. The van der Waals surface area contributed by atoms with E-state index in [0.717, 1.165) is 17.7 Å². The minimum absolute atomic E-state index is 0.133. The van der Waals surface area contributed by atoms with Crippen molar-refractivity contribution in [3.63, 3.8) is 0 Å². The van der Waals surface area contributed by atoms with Crippen LogP contribution in [-0.4, -0.2) is 31.9 Å². The number of methoxy groups -OCH3 is 1. The van der Waals surface area contributed by atoms with Crippen molar-refractivity contribution in [3.8, 4) is 5.75 Å². The molecule has 0 radical (unpaired) electrons. The molecule has 118 valence electrons. The van der Waals surface area contributed by atoms with Crippen LogP contribution < -0.4 is 15.8 Å². The lowest BCUT2D eigenvalue weighted by Gasteiger charge is -2.22. The zero-order valence-electron chi connectivity index (χ0n) is 13.3. The molecule has 0 saturated carbocycles. The highest BCUT2D eigenvalue weighted by atomic mass is 16.6. The maximum absolute atomic E-state index is 11.7. The number of rotatable bonds is 6. The second-order valence-electron chi connectivity index (χ2n) is 6.00. The predicted octanol–water partition coefficient (Wildman–Crippen LogP) is 2.34. The van der Waals surface area contributed by atoms with Crippen LogP contribution in [-0.2, 0) is 11.2 Å². The summed E-state index contributed by atoms with van der Waals surface area (Å²) in [6, 6.07) is 7.82. The Morgan fingerprint density at radius 2 is 2.00 bits per heavy atom. The molecule has 1 unspecified atom stereocenters. The van der Waals surface area contributed by atoms with Crippen molar-refractivity contribution in [2.45, 2.75) is 32.8 Å². The first-order chi connectivity index (χ1) is 9.85. The van der Waals surface area contributed by atoms with Crippen LogP contribution in [0.25, 0.3) is 0 Å². The molecule has 0 aliphatic carbocycles. The Morgan fingerprint density at radius 1 is 1.33 bits per heavy atom. The van der Waals surface area contributed by atoms with Gasteiger partial charge in [-0.3, -0.25) is 0 Å². The number of hydrogen-bond acceptors (Lipinski definition) is 4. The van der Waals surface area contributed by atoms with Crippen molar-refractivity contribution in [1.29, 1.82) is 0 Å². The monoisotopic (exact) mass is 294 g/mol. The molecule has 1 aromatic rings. The first-order valence-electron chi connectivity index (χ1n) is 7.14. The minimum atomic E-state index is -0.495. The fourth-order valence-corrected chi connectivity index (χ4v) is 1.96. The largest absolute Gasteiger partial charge is 0.496 e. The van der Waals surface area contributed by atoms with Crippen LogP contribution in [0.3, 0.4) is 0 Å². The molecule has 0 aliphatic rings. The number of ether oxygens (including phenoxy) is 2. The molecule has 0 saturated heterocycles. The fraction of sp³-hybridized carbons (Fsp3) is 0.562. The summed E-state index contributed by atoms with van der Waals surface area (Å²) in [6.45, 7) is 6.46. The van der Waals surface area contributed by atoms with E-state index in [1.54, 1.807) is 7.11 Å². The summed E-state index contributed by atoms with van der Waals surface area (Å²) in [5, 5.41) is 2.77. The molecular weight excluding hydrogens is 268 g/mol. The molecule has 1 rings (SSSR count). The number of nitrogens with one attached hydrogen (secondary N) is 1. The van der Waals surface area contributed by atoms with Gasteiger partial charge >= 0.3 is 6.09 Å². The van der Waals surface area contributed by atoms with Crippen LogP contribution in [0.2, 0.25) is 0 Å².